The van der Waals surface area contributed by atoms with Crippen LogP contribution in [0.2, 0.25) is 0 Å². The minimum atomic E-state index is -0.0140. The van der Waals surface area contributed by atoms with Gasteiger partial charge >= 0.3 is 0 Å². The van der Waals surface area contributed by atoms with E-state index in [1.807, 2.05) is 6.07 Å². The quantitative estimate of drug-likeness (QED) is 0.420. The summed E-state index contributed by atoms with van der Waals surface area (Å²) in [6.45, 7) is 4.69. The lowest BCUT2D eigenvalue weighted by Crippen LogP contribution is -2.15. The number of anilines is 2. The summed E-state index contributed by atoms with van der Waals surface area (Å²) in [6.07, 6.45) is 0. The molecule has 1 aliphatic carbocycles. The first-order valence-electron chi connectivity index (χ1n) is 9.14. The van der Waals surface area contributed by atoms with Crippen molar-refractivity contribution < 1.29 is 0 Å². The van der Waals surface area contributed by atoms with Gasteiger partial charge in [0.15, 0.2) is 0 Å². The van der Waals surface area contributed by atoms with Crippen LogP contribution in [0.3, 0.4) is 0 Å². The minimum absolute atomic E-state index is 0.0140. The second kappa shape index (κ2) is 5.47. The third-order valence-corrected chi connectivity index (χ3v) is 5.60. The van der Waals surface area contributed by atoms with Crippen molar-refractivity contribution >= 4 is 22.1 Å². The summed E-state index contributed by atoms with van der Waals surface area (Å²) in [5.74, 6) is 0. The number of hydrogen-bond donors (Lipinski definition) is 1. The zero-order valence-electron chi connectivity index (χ0n) is 15.1. The fourth-order valence-electron chi connectivity index (χ4n) is 4.37. The van der Waals surface area contributed by atoms with Gasteiger partial charge in [-0.3, -0.25) is 0 Å². The first kappa shape index (κ1) is 15.2. The monoisotopic (exact) mass is 335 g/mol. The van der Waals surface area contributed by atoms with Crippen molar-refractivity contribution in [3.05, 3.63) is 96.1 Å². The van der Waals surface area contributed by atoms with E-state index in [1.54, 1.807) is 0 Å². The summed E-state index contributed by atoms with van der Waals surface area (Å²) in [7, 11) is 0. The van der Waals surface area contributed by atoms with Crippen molar-refractivity contribution in [2.24, 2.45) is 0 Å². The molecular weight excluding hydrogens is 314 g/mol. The Morgan fingerprint density at radius 2 is 1.38 bits per heavy atom. The zero-order chi connectivity index (χ0) is 17.7. The highest BCUT2D eigenvalue weighted by molar-refractivity contribution is 5.97. The first-order chi connectivity index (χ1) is 12.6. The molecule has 0 atom stereocenters. The molecule has 0 fully saturated rings. The van der Waals surface area contributed by atoms with Crippen LogP contribution < -0.4 is 5.32 Å². The lowest BCUT2D eigenvalue weighted by molar-refractivity contribution is 0.666. The molecule has 4 aromatic carbocycles. The van der Waals surface area contributed by atoms with Crippen LogP contribution in [0.25, 0.3) is 21.9 Å². The fourth-order valence-corrected chi connectivity index (χ4v) is 4.37. The minimum Gasteiger partial charge on any atom is -0.356 e. The largest absolute Gasteiger partial charge is 0.356 e. The second-order valence-corrected chi connectivity index (χ2v) is 7.59. The molecular formula is C25H21N. The van der Waals surface area contributed by atoms with E-state index in [4.69, 9.17) is 0 Å². The Hall–Kier alpha value is -3.06. The van der Waals surface area contributed by atoms with Crippen LogP contribution in [0.1, 0.15) is 25.0 Å². The number of rotatable bonds is 2. The summed E-state index contributed by atoms with van der Waals surface area (Å²) < 4.78 is 0. The smallest absolute Gasteiger partial charge is 0.0387 e. The van der Waals surface area contributed by atoms with E-state index in [-0.39, 0.29) is 5.41 Å². The van der Waals surface area contributed by atoms with Crippen molar-refractivity contribution in [3.63, 3.8) is 0 Å². The Morgan fingerprint density at radius 3 is 2.23 bits per heavy atom. The van der Waals surface area contributed by atoms with E-state index >= 15 is 0 Å². The van der Waals surface area contributed by atoms with Crippen LogP contribution in [0.15, 0.2) is 84.9 Å². The Balaban J connectivity index is 1.67. The predicted molar refractivity (Wildman–Crippen MR) is 111 cm³/mol. The average molecular weight is 335 g/mol. The highest BCUT2D eigenvalue weighted by Gasteiger charge is 2.36. The molecule has 5 rings (SSSR count). The third kappa shape index (κ3) is 2.17. The Kier molecular flexibility index (Phi) is 3.20. The molecule has 0 aliphatic heterocycles. The molecule has 1 heteroatoms. The predicted octanol–water partition coefficient (Wildman–Crippen LogP) is 6.89. The van der Waals surface area contributed by atoms with Crippen LogP contribution >= 0.6 is 0 Å². The second-order valence-electron chi connectivity index (χ2n) is 7.59. The average Bonchev–Trinajstić information content (AvgIpc) is 2.90. The van der Waals surface area contributed by atoms with E-state index in [2.05, 4.69) is 98.0 Å². The molecule has 1 aliphatic rings. The van der Waals surface area contributed by atoms with Gasteiger partial charge in [0, 0.05) is 16.8 Å². The lowest BCUT2D eigenvalue weighted by atomic mass is 9.80. The molecule has 0 heterocycles. The van der Waals surface area contributed by atoms with Crippen LogP contribution in [0.5, 0.6) is 0 Å². The van der Waals surface area contributed by atoms with Gasteiger partial charge in [-0.05, 0) is 57.3 Å². The van der Waals surface area contributed by atoms with E-state index < -0.39 is 0 Å². The van der Waals surface area contributed by atoms with Gasteiger partial charge in [0.2, 0.25) is 0 Å². The summed E-state index contributed by atoms with van der Waals surface area (Å²) >= 11 is 0. The molecule has 0 amide bonds. The Labute approximate surface area is 154 Å². The lowest BCUT2D eigenvalue weighted by Gasteiger charge is -2.23. The fraction of sp³-hybridized carbons (Fsp3) is 0.120. The zero-order valence-corrected chi connectivity index (χ0v) is 15.1. The highest BCUT2D eigenvalue weighted by atomic mass is 14.9. The molecule has 1 nitrogen and oxygen atoms in total. The van der Waals surface area contributed by atoms with E-state index in [9.17, 15) is 0 Å². The normalized spacial score (nSPS) is 14.1. The van der Waals surface area contributed by atoms with Gasteiger partial charge in [-0.2, -0.15) is 0 Å². The van der Waals surface area contributed by atoms with E-state index in [0.29, 0.717) is 0 Å². The first-order valence-corrected chi connectivity index (χ1v) is 9.14. The highest BCUT2D eigenvalue weighted by Crippen LogP contribution is 2.51. The van der Waals surface area contributed by atoms with Crippen molar-refractivity contribution in [1.82, 2.24) is 0 Å². The van der Waals surface area contributed by atoms with Crippen molar-refractivity contribution in [1.29, 1.82) is 0 Å². The molecule has 0 spiro atoms. The molecule has 0 bridgehead atoms. The maximum Gasteiger partial charge on any atom is 0.0387 e. The van der Waals surface area contributed by atoms with Crippen LogP contribution in [0, 0.1) is 0 Å². The summed E-state index contributed by atoms with van der Waals surface area (Å²) in [5.41, 5.74) is 7.81. The Morgan fingerprint density at radius 1 is 0.654 bits per heavy atom. The van der Waals surface area contributed by atoms with E-state index in [0.717, 1.165) is 11.4 Å². The molecule has 126 valence electrons. The summed E-state index contributed by atoms with van der Waals surface area (Å²) in [6, 6.07) is 30.4. The molecule has 0 saturated heterocycles. The topological polar surface area (TPSA) is 12.0 Å². The maximum atomic E-state index is 3.54. The van der Waals surface area contributed by atoms with Gasteiger partial charge in [0.1, 0.15) is 0 Å². The molecule has 0 saturated carbocycles. The summed E-state index contributed by atoms with van der Waals surface area (Å²) in [4.78, 5) is 0. The Bertz CT molecular complexity index is 1120. The number of fused-ring (bicyclic) bond motifs is 5. The molecule has 26 heavy (non-hydrogen) atoms. The SMILES string of the molecule is CC1(C)c2cc(Nc3ccccc3)ccc2-c2ccc3ccccc3c21. The van der Waals surface area contributed by atoms with Gasteiger partial charge in [0.05, 0.1) is 0 Å². The van der Waals surface area contributed by atoms with Crippen molar-refractivity contribution in [2.45, 2.75) is 19.3 Å². The van der Waals surface area contributed by atoms with Gasteiger partial charge in [0.25, 0.3) is 0 Å². The summed E-state index contributed by atoms with van der Waals surface area (Å²) in [5, 5.41) is 6.21. The van der Waals surface area contributed by atoms with Crippen LogP contribution in [-0.4, -0.2) is 0 Å². The molecule has 0 unspecified atom stereocenters. The third-order valence-electron chi connectivity index (χ3n) is 5.60. The van der Waals surface area contributed by atoms with Gasteiger partial charge in [-0.25, -0.2) is 0 Å². The van der Waals surface area contributed by atoms with Gasteiger partial charge < -0.3 is 5.32 Å². The number of benzene rings is 4. The van der Waals surface area contributed by atoms with Crippen molar-refractivity contribution in [2.75, 3.05) is 5.32 Å². The maximum absolute atomic E-state index is 3.54. The number of nitrogens with one attached hydrogen (secondary N) is 1. The molecule has 0 aromatic heterocycles. The van der Waals surface area contributed by atoms with Crippen molar-refractivity contribution in [3.8, 4) is 11.1 Å². The molecule has 4 aromatic rings. The van der Waals surface area contributed by atoms with E-state index in [1.165, 1.54) is 33.0 Å². The van der Waals surface area contributed by atoms with Gasteiger partial charge in [-0.15, -0.1) is 0 Å². The number of para-hydroxylation sites is 1. The molecule has 1 N–H and O–H groups in total. The van der Waals surface area contributed by atoms with Gasteiger partial charge in [-0.1, -0.05) is 74.5 Å². The molecule has 0 radical (unpaired) electrons. The van der Waals surface area contributed by atoms with Crippen LogP contribution in [0.4, 0.5) is 11.4 Å². The number of hydrogen-bond acceptors (Lipinski definition) is 1. The van der Waals surface area contributed by atoms with Crippen LogP contribution in [-0.2, 0) is 5.41 Å². The standard InChI is InChI=1S/C25H21N/c1-25(2)23-16-19(26-18-9-4-3-5-10-18)13-15-21(23)22-14-12-17-8-6-7-11-20(17)24(22)25/h3-16,26H,1-2H3.